The van der Waals surface area contributed by atoms with Gasteiger partial charge in [-0.05, 0) is 31.0 Å². The summed E-state index contributed by atoms with van der Waals surface area (Å²) < 4.78 is 0. The molecule has 2 nitrogen and oxygen atoms in total. The molecule has 0 saturated carbocycles. The first-order valence-corrected chi connectivity index (χ1v) is 9.12. The molecule has 1 aromatic heterocycles. The van der Waals surface area contributed by atoms with Crippen molar-refractivity contribution in [2.75, 3.05) is 12.3 Å². The Morgan fingerprint density at radius 3 is 2.76 bits per heavy atom. The summed E-state index contributed by atoms with van der Waals surface area (Å²) in [6.45, 7) is 3.00. The van der Waals surface area contributed by atoms with Crippen molar-refractivity contribution >= 4 is 29.0 Å². The summed E-state index contributed by atoms with van der Waals surface area (Å²) in [7, 11) is 0. The molecule has 1 amide bonds. The fraction of sp³-hybridized carbons (Fsp3) is 0.353. The van der Waals surface area contributed by atoms with E-state index in [0.717, 1.165) is 18.7 Å². The number of thioether (sulfide) groups is 1. The van der Waals surface area contributed by atoms with E-state index in [2.05, 4.69) is 36.1 Å². The highest BCUT2D eigenvalue weighted by molar-refractivity contribution is 7.99. The molecule has 1 aromatic carbocycles. The Bertz CT molecular complexity index is 608. The van der Waals surface area contributed by atoms with Crippen LogP contribution in [0.5, 0.6) is 0 Å². The van der Waals surface area contributed by atoms with Crippen LogP contribution in [0.1, 0.15) is 27.1 Å². The van der Waals surface area contributed by atoms with Crippen molar-refractivity contribution in [3.8, 4) is 0 Å². The van der Waals surface area contributed by atoms with Gasteiger partial charge in [-0.3, -0.25) is 4.79 Å². The summed E-state index contributed by atoms with van der Waals surface area (Å²) in [5, 5.41) is 0.229. The zero-order chi connectivity index (χ0) is 14.7. The average molecular weight is 317 g/mol. The topological polar surface area (TPSA) is 20.3 Å². The van der Waals surface area contributed by atoms with Gasteiger partial charge in [0.25, 0.3) is 0 Å². The van der Waals surface area contributed by atoms with E-state index in [1.165, 1.54) is 15.3 Å². The molecule has 4 heteroatoms. The molecule has 2 aromatic rings. The van der Waals surface area contributed by atoms with Crippen molar-refractivity contribution in [3.05, 3.63) is 57.8 Å². The van der Waals surface area contributed by atoms with Crippen LogP contribution in [0.2, 0.25) is 0 Å². The van der Waals surface area contributed by atoms with Gasteiger partial charge >= 0.3 is 0 Å². The lowest BCUT2D eigenvalue weighted by Gasteiger charge is -2.23. The predicted molar refractivity (Wildman–Crippen MR) is 90.7 cm³/mol. The van der Waals surface area contributed by atoms with Gasteiger partial charge in [-0.1, -0.05) is 30.3 Å². The highest BCUT2D eigenvalue weighted by Gasteiger charge is 2.31. The fourth-order valence-corrected chi connectivity index (χ4v) is 4.98. The van der Waals surface area contributed by atoms with Gasteiger partial charge in [0.05, 0.1) is 0 Å². The van der Waals surface area contributed by atoms with Crippen LogP contribution >= 0.6 is 23.1 Å². The second-order valence-corrected chi connectivity index (χ2v) is 7.75. The molecular weight excluding hydrogens is 298 g/mol. The van der Waals surface area contributed by atoms with Crippen LogP contribution in [0.4, 0.5) is 0 Å². The van der Waals surface area contributed by atoms with Crippen molar-refractivity contribution in [2.45, 2.75) is 25.1 Å². The maximum absolute atomic E-state index is 12.5. The molecule has 0 unspecified atom stereocenters. The molecule has 0 spiro atoms. The van der Waals surface area contributed by atoms with Crippen molar-refractivity contribution in [3.63, 3.8) is 0 Å². The predicted octanol–water partition coefficient (Wildman–Crippen LogP) is 4.26. The molecule has 110 valence electrons. The largest absolute Gasteiger partial charge is 0.325 e. The first kappa shape index (κ1) is 14.7. The van der Waals surface area contributed by atoms with Crippen LogP contribution in [0.15, 0.2) is 42.5 Å². The normalized spacial score (nSPS) is 18.1. The number of amides is 1. The first-order chi connectivity index (χ1) is 10.2. The van der Waals surface area contributed by atoms with E-state index in [1.54, 1.807) is 11.3 Å². The van der Waals surface area contributed by atoms with Crippen LogP contribution in [-0.2, 0) is 11.2 Å². The third-order valence-corrected chi connectivity index (χ3v) is 6.13. The fourth-order valence-electron chi connectivity index (χ4n) is 2.59. The number of aryl methyl sites for hydroxylation is 2. The maximum Gasteiger partial charge on any atom is 0.224 e. The Balaban J connectivity index is 1.63. The lowest BCUT2D eigenvalue weighted by atomic mass is 10.1. The zero-order valence-electron chi connectivity index (χ0n) is 12.1. The highest BCUT2D eigenvalue weighted by Crippen LogP contribution is 2.41. The van der Waals surface area contributed by atoms with Gasteiger partial charge in [0.15, 0.2) is 0 Å². The van der Waals surface area contributed by atoms with Gasteiger partial charge in [0, 0.05) is 28.5 Å². The molecule has 1 saturated heterocycles. The summed E-state index contributed by atoms with van der Waals surface area (Å²) in [6.07, 6.45) is 1.43. The summed E-state index contributed by atoms with van der Waals surface area (Å²) in [5.41, 5.74) is 1.24. The van der Waals surface area contributed by atoms with E-state index in [0.29, 0.717) is 6.42 Å². The Morgan fingerprint density at radius 1 is 1.24 bits per heavy atom. The molecule has 1 aliphatic rings. The first-order valence-electron chi connectivity index (χ1n) is 7.25. The molecule has 1 fully saturated rings. The number of rotatable bonds is 4. The van der Waals surface area contributed by atoms with E-state index in [1.807, 2.05) is 30.0 Å². The second-order valence-electron chi connectivity index (χ2n) is 5.24. The third-order valence-electron chi connectivity index (χ3n) is 3.69. The van der Waals surface area contributed by atoms with E-state index < -0.39 is 0 Å². The Labute approximate surface area is 134 Å². The molecule has 0 bridgehead atoms. The van der Waals surface area contributed by atoms with Crippen LogP contribution in [0.25, 0.3) is 0 Å². The molecule has 0 N–H and O–H groups in total. The molecule has 0 radical (unpaired) electrons. The molecule has 3 rings (SSSR count). The van der Waals surface area contributed by atoms with Gasteiger partial charge in [0.1, 0.15) is 5.37 Å². The van der Waals surface area contributed by atoms with Gasteiger partial charge in [-0.15, -0.1) is 23.1 Å². The Kier molecular flexibility index (Phi) is 4.66. The summed E-state index contributed by atoms with van der Waals surface area (Å²) >= 11 is 3.69. The quantitative estimate of drug-likeness (QED) is 0.839. The van der Waals surface area contributed by atoms with E-state index in [9.17, 15) is 4.79 Å². The summed E-state index contributed by atoms with van der Waals surface area (Å²) in [5.74, 6) is 1.32. The summed E-state index contributed by atoms with van der Waals surface area (Å²) in [6, 6.07) is 14.6. The van der Waals surface area contributed by atoms with Crippen molar-refractivity contribution < 1.29 is 4.79 Å². The third kappa shape index (κ3) is 3.50. The molecule has 21 heavy (non-hydrogen) atoms. The number of thiophene rings is 1. The van der Waals surface area contributed by atoms with Crippen molar-refractivity contribution in [1.29, 1.82) is 0 Å². The number of carbonyl (C=O) groups is 1. The smallest absolute Gasteiger partial charge is 0.224 e. The molecule has 1 aliphatic heterocycles. The summed E-state index contributed by atoms with van der Waals surface area (Å²) in [4.78, 5) is 17.2. The Hall–Kier alpha value is -1.26. The maximum atomic E-state index is 12.5. The van der Waals surface area contributed by atoms with E-state index in [-0.39, 0.29) is 11.3 Å². The number of carbonyl (C=O) groups excluding carboxylic acids is 1. The molecule has 0 aliphatic carbocycles. The SMILES string of the molecule is Cc1ccc([C@@H]2SCCN2C(=O)CCc2ccccc2)s1. The zero-order valence-corrected chi connectivity index (χ0v) is 13.8. The molecule has 2 heterocycles. The second kappa shape index (κ2) is 6.67. The number of benzene rings is 1. The van der Waals surface area contributed by atoms with Crippen molar-refractivity contribution in [1.82, 2.24) is 4.90 Å². The monoisotopic (exact) mass is 317 g/mol. The minimum Gasteiger partial charge on any atom is -0.325 e. The number of hydrogen-bond donors (Lipinski definition) is 0. The average Bonchev–Trinajstić information content (AvgIpc) is 3.14. The minimum atomic E-state index is 0.229. The minimum absolute atomic E-state index is 0.229. The van der Waals surface area contributed by atoms with Gasteiger partial charge in [0.2, 0.25) is 5.91 Å². The molecular formula is C17H19NOS2. The molecule has 1 atom stereocenters. The lowest BCUT2D eigenvalue weighted by Crippen LogP contribution is -2.30. The number of nitrogens with zero attached hydrogens (tertiary/aromatic N) is 1. The van der Waals surface area contributed by atoms with Crippen LogP contribution < -0.4 is 0 Å². The van der Waals surface area contributed by atoms with Gasteiger partial charge in [-0.25, -0.2) is 0 Å². The standard InChI is InChI=1S/C17H19NOS2/c1-13-7-9-15(21-13)17-18(11-12-20-17)16(19)10-8-14-5-3-2-4-6-14/h2-7,9,17H,8,10-12H2,1H3/t17-/m0/s1. The lowest BCUT2D eigenvalue weighted by molar-refractivity contribution is -0.131. The van der Waals surface area contributed by atoms with Gasteiger partial charge < -0.3 is 4.90 Å². The highest BCUT2D eigenvalue weighted by atomic mass is 32.2. The van der Waals surface area contributed by atoms with E-state index >= 15 is 0 Å². The van der Waals surface area contributed by atoms with Crippen LogP contribution in [0, 0.1) is 6.92 Å². The van der Waals surface area contributed by atoms with E-state index in [4.69, 9.17) is 0 Å². The number of hydrogen-bond acceptors (Lipinski definition) is 3. The van der Waals surface area contributed by atoms with Crippen molar-refractivity contribution in [2.24, 2.45) is 0 Å². The van der Waals surface area contributed by atoms with Crippen LogP contribution in [-0.4, -0.2) is 23.1 Å². The van der Waals surface area contributed by atoms with Crippen LogP contribution in [0.3, 0.4) is 0 Å². The Morgan fingerprint density at radius 2 is 2.05 bits per heavy atom. The van der Waals surface area contributed by atoms with Gasteiger partial charge in [-0.2, -0.15) is 0 Å².